The van der Waals surface area contributed by atoms with Gasteiger partial charge in [0.05, 0.1) is 23.4 Å². The summed E-state index contributed by atoms with van der Waals surface area (Å²) in [5.74, 6) is -0.810. The molecule has 0 radical (unpaired) electrons. The Bertz CT molecular complexity index is 931. The number of hydrogen-bond donors (Lipinski definition) is 3. The Balaban J connectivity index is 1.99. The van der Waals surface area contributed by atoms with Gasteiger partial charge in [0.2, 0.25) is 0 Å². The number of hydrogen-bond acceptors (Lipinski definition) is 4. The van der Waals surface area contributed by atoms with Crippen molar-refractivity contribution in [3.63, 3.8) is 0 Å². The normalized spacial score (nSPS) is 21.2. The molecular formula is C26H35ClN2O3. The van der Waals surface area contributed by atoms with E-state index in [1.807, 2.05) is 51.1 Å². The molecule has 3 N–H and O–H groups in total. The maximum absolute atomic E-state index is 11.4. The molecule has 0 saturated heterocycles. The molecule has 0 amide bonds. The van der Waals surface area contributed by atoms with Crippen LogP contribution >= 0.6 is 11.6 Å². The van der Waals surface area contributed by atoms with Gasteiger partial charge in [0, 0.05) is 28.7 Å². The van der Waals surface area contributed by atoms with Crippen molar-refractivity contribution in [3.05, 3.63) is 53.1 Å². The first-order valence-electron chi connectivity index (χ1n) is 11.4. The summed E-state index contributed by atoms with van der Waals surface area (Å²) in [5.41, 5.74) is 2.85. The lowest BCUT2D eigenvalue weighted by Gasteiger charge is -2.41. The van der Waals surface area contributed by atoms with Gasteiger partial charge in [-0.3, -0.25) is 4.79 Å². The Hall–Kier alpha value is -2.24. The maximum atomic E-state index is 11.4. The summed E-state index contributed by atoms with van der Waals surface area (Å²) in [6.07, 6.45) is 3.51. The minimum atomic E-state index is -0.810. The van der Waals surface area contributed by atoms with Crippen LogP contribution in [0.1, 0.15) is 65.4 Å². The van der Waals surface area contributed by atoms with Gasteiger partial charge < -0.3 is 20.4 Å². The molecule has 0 bridgehead atoms. The molecule has 0 spiro atoms. The molecule has 0 aliphatic heterocycles. The van der Waals surface area contributed by atoms with Crippen LogP contribution in [0.2, 0.25) is 5.02 Å². The van der Waals surface area contributed by atoms with E-state index >= 15 is 0 Å². The monoisotopic (exact) mass is 458 g/mol. The van der Waals surface area contributed by atoms with Gasteiger partial charge in [0.25, 0.3) is 0 Å². The van der Waals surface area contributed by atoms with E-state index in [-0.39, 0.29) is 6.42 Å². The molecule has 32 heavy (non-hydrogen) atoms. The minimum Gasteiger partial charge on any atom is -0.481 e. The molecule has 1 fully saturated rings. The van der Waals surface area contributed by atoms with Crippen LogP contribution in [0.5, 0.6) is 0 Å². The summed E-state index contributed by atoms with van der Waals surface area (Å²) in [6.45, 7) is 8.85. The first-order valence-corrected chi connectivity index (χ1v) is 11.8. The largest absolute Gasteiger partial charge is 0.481 e. The number of halogens is 1. The third-order valence-electron chi connectivity index (χ3n) is 6.62. The van der Waals surface area contributed by atoms with Crippen molar-refractivity contribution in [1.82, 2.24) is 0 Å². The summed E-state index contributed by atoms with van der Waals surface area (Å²) < 4.78 is 0. The molecule has 0 aromatic heterocycles. The van der Waals surface area contributed by atoms with Crippen molar-refractivity contribution in [3.8, 4) is 0 Å². The number of carboxylic acid groups (broad SMARTS) is 1. The number of nitrogens with zero attached hydrogens (tertiary/aromatic N) is 1. The van der Waals surface area contributed by atoms with Crippen molar-refractivity contribution in [1.29, 1.82) is 0 Å². The lowest BCUT2D eigenvalue weighted by molar-refractivity contribution is -0.138. The van der Waals surface area contributed by atoms with Crippen LogP contribution in [0.3, 0.4) is 0 Å². The number of benzene rings is 2. The van der Waals surface area contributed by atoms with E-state index in [0.29, 0.717) is 11.1 Å². The van der Waals surface area contributed by atoms with Crippen LogP contribution in [0.25, 0.3) is 0 Å². The lowest BCUT2D eigenvalue weighted by atomic mass is 9.80. The standard InChI is InChI=1S/C26H35ClN2O3/c1-5-29(21-12-14-26(4,32)15-13-21)23-11-6-18(25(2,3)17-24(30)31)16-22(23)28-20-9-7-19(27)8-10-20/h6-11,16,21,28,32H,5,12-15,17H2,1-4H3,(H,30,31). The van der Waals surface area contributed by atoms with Gasteiger partial charge in [-0.25, -0.2) is 0 Å². The Labute approximate surface area is 196 Å². The molecule has 5 nitrogen and oxygen atoms in total. The molecule has 1 aliphatic carbocycles. The third-order valence-corrected chi connectivity index (χ3v) is 6.87. The molecule has 1 aliphatic rings. The van der Waals surface area contributed by atoms with Crippen LogP contribution in [-0.2, 0) is 10.2 Å². The average molecular weight is 459 g/mol. The van der Waals surface area contributed by atoms with Gasteiger partial charge in [-0.1, -0.05) is 31.5 Å². The number of anilines is 3. The zero-order chi connectivity index (χ0) is 23.5. The first kappa shape index (κ1) is 24.4. The first-order chi connectivity index (χ1) is 15.0. The lowest BCUT2D eigenvalue weighted by Crippen LogP contribution is -2.42. The van der Waals surface area contributed by atoms with Gasteiger partial charge in [0.15, 0.2) is 0 Å². The van der Waals surface area contributed by atoms with E-state index in [2.05, 4.69) is 29.3 Å². The molecule has 0 atom stereocenters. The van der Waals surface area contributed by atoms with Gasteiger partial charge in [0.1, 0.15) is 0 Å². The van der Waals surface area contributed by atoms with Crippen LogP contribution in [0.4, 0.5) is 17.1 Å². The number of aliphatic carboxylic acids is 1. The molecule has 0 heterocycles. The van der Waals surface area contributed by atoms with Crippen LogP contribution in [0, 0.1) is 0 Å². The molecular weight excluding hydrogens is 424 g/mol. The Morgan fingerprint density at radius 2 is 1.81 bits per heavy atom. The number of carbonyl (C=O) groups is 1. The second-order valence-electron chi connectivity index (χ2n) is 9.83. The number of carboxylic acids is 1. The van der Waals surface area contributed by atoms with E-state index < -0.39 is 17.0 Å². The molecule has 2 aromatic rings. The molecule has 1 saturated carbocycles. The smallest absolute Gasteiger partial charge is 0.304 e. The number of rotatable bonds is 8. The Morgan fingerprint density at radius 3 is 2.38 bits per heavy atom. The van der Waals surface area contributed by atoms with Gasteiger partial charge in [-0.05, 0) is 81.5 Å². The summed E-state index contributed by atoms with van der Waals surface area (Å²) in [7, 11) is 0. The average Bonchev–Trinajstić information content (AvgIpc) is 2.71. The quantitative estimate of drug-likeness (QED) is 0.429. The maximum Gasteiger partial charge on any atom is 0.304 e. The second-order valence-corrected chi connectivity index (χ2v) is 10.3. The molecule has 174 valence electrons. The van der Waals surface area contributed by atoms with Gasteiger partial charge in [-0.15, -0.1) is 0 Å². The fourth-order valence-electron chi connectivity index (χ4n) is 4.64. The van der Waals surface area contributed by atoms with Crippen molar-refractivity contribution in [2.75, 3.05) is 16.8 Å². The van der Waals surface area contributed by atoms with E-state index in [0.717, 1.165) is 54.9 Å². The highest BCUT2D eigenvalue weighted by Crippen LogP contribution is 2.39. The van der Waals surface area contributed by atoms with Gasteiger partial charge in [-0.2, -0.15) is 0 Å². The predicted octanol–water partition coefficient (Wildman–Crippen LogP) is 6.36. The summed E-state index contributed by atoms with van der Waals surface area (Å²) in [5, 5.41) is 24.0. The highest BCUT2D eigenvalue weighted by Gasteiger charge is 2.32. The Morgan fingerprint density at radius 1 is 1.19 bits per heavy atom. The summed E-state index contributed by atoms with van der Waals surface area (Å²) in [4.78, 5) is 13.8. The van der Waals surface area contributed by atoms with E-state index in [9.17, 15) is 15.0 Å². The fourth-order valence-corrected chi connectivity index (χ4v) is 4.76. The highest BCUT2D eigenvalue weighted by atomic mass is 35.5. The van der Waals surface area contributed by atoms with Crippen LogP contribution < -0.4 is 10.2 Å². The van der Waals surface area contributed by atoms with E-state index in [1.165, 1.54) is 0 Å². The van der Waals surface area contributed by atoms with Crippen molar-refractivity contribution in [2.45, 2.75) is 76.9 Å². The van der Waals surface area contributed by atoms with Gasteiger partial charge >= 0.3 is 5.97 Å². The zero-order valence-electron chi connectivity index (χ0n) is 19.5. The SMILES string of the molecule is CCN(c1ccc(C(C)(C)CC(=O)O)cc1Nc1ccc(Cl)cc1)C1CCC(C)(O)CC1. The highest BCUT2D eigenvalue weighted by molar-refractivity contribution is 6.30. The van der Waals surface area contributed by atoms with Crippen molar-refractivity contribution >= 4 is 34.6 Å². The van der Waals surface area contributed by atoms with E-state index in [1.54, 1.807) is 0 Å². The second kappa shape index (κ2) is 9.72. The van der Waals surface area contributed by atoms with Crippen LogP contribution in [-0.4, -0.2) is 34.4 Å². The molecule has 0 unspecified atom stereocenters. The minimum absolute atomic E-state index is 0.0575. The third kappa shape index (κ3) is 5.96. The van der Waals surface area contributed by atoms with Crippen molar-refractivity contribution < 1.29 is 15.0 Å². The number of aliphatic hydroxyl groups is 1. The predicted molar refractivity (Wildman–Crippen MR) is 132 cm³/mol. The summed E-state index contributed by atoms with van der Waals surface area (Å²) in [6, 6.07) is 14.2. The number of nitrogens with one attached hydrogen (secondary N) is 1. The topological polar surface area (TPSA) is 72.8 Å². The molecule has 2 aromatic carbocycles. The van der Waals surface area contributed by atoms with E-state index in [4.69, 9.17) is 11.6 Å². The Kier molecular flexibility index (Phi) is 7.41. The van der Waals surface area contributed by atoms with Crippen LogP contribution in [0.15, 0.2) is 42.5 Å². The fraction of sp³-hybridized carbons (Fsp3) is 0.500. The molecule has 6 heteroatoms. The zero-order valence-corrected chi connectivity index (χ0v) is 20.2. The summed E-state index contributed by atoms with van der Waals surface area (Å²) >= 11 is 6.06. The molecule has 3 rings (SSSR count). The van der Waals surface area contributed by atoms with Crippen molar-refractivity contribution in [2.24, 2.45) is 0 Å².